The number of ether oxygens (including phenoxy) is 1. The molecule has 2 N–H and O–H groups in total. The van der Waals surface area contributed by atoms with Crippen molar-refractivity contribution in [1.29, 1.82) is 0 Å². The number of nitrogens with two attached hydrogens (primary N) is 1. The second-order valence-corrected chi connectivity index (χ2v) is 5.96. The molecule has 0 radical (unpaired) electrons. The van der Waals surface area contributed by atoms with Crippen molar-refractivity contribution in [3.05, 3.63) is 66.7 Å². The zero-order valence-electron chi connectivity index (χ0n) is 13.8. The van der Waals surface area contributed by atoms with E-state index in [9.17, 15) is 0 Å². The first-order chi connectivity index (χ1) is 11.7. The molecule has 3 aromatic carbocycles. The Morgan fingerprint density at radius 2 is 1.67 bits per heavy atom. The zero-order valence-corrected chi connectivity index (χ0v) is 13.8. The van der Waals surface area contributed by atoms with Crippen LogP contribution in [0.4, 0.5) is 5.69 Å². The van der Waals surface area contributed by atoms with E-state index >= 15 is 0 Å². The molecule has 0 aliphatic heterocycles. The van der Waals surface area contributed by atoms with Gasteiger partial charge in [0.25, 0.3) is 0 Å². The maximum Gasteiger partial charge on any atom is 0.220 e. The highest BCUT2D eigenvalue weighted by Gasteiger charge is 2.20. The molecule has 0 aliphatic rings. The number of aryl methyl sites for hydroxylation is 1. The van der Waals surface area contributed by atoms with Crippen molar-refractivity contribution in [1.82, 2.24) is 0 Å². The summed E-state index contributed by atoms with van der Waals surface area (Å²) in [5.74, 6) is 0.850. The van der Waals surface area contributed by atoms with Gasteiger partial charge in [-0.15, -0.1) is 0 Å². The number of anilines is 1. The highest BCUT2D eigenvalue weighted by atomic mass is 16.5. The van der Waals surface area contributed by atoms with E-state index < -0.39 is 0 Å². The summed E-state index contributed by atoms with van der Waals surface area (Å²) in [5.41, 5.74) is 10.2. The summed E-state index contributed by atoms with van der Waals surface area (Å²) in [6, 6.07) is 22.7. The van der Waals surface area contributed by atoms with E-state index in [1.807, 2.05) is 24.3 Å². The molecule has 0 atom stereocenters. The molecule has 118 valence electrons. The highest BCUT2D eigenvalue weighted by molar-refractivity contribution is 6.09. The summed E-state index contributed by atoms with van der Waals surface area (Å²) in [5, 5.41) is 3.59. The van der Waals surface area contributed by atoms with E-state index in [1.165, 1.54) is 16.3 Å². The number of pyridine rings is 1. The number of hydrogen-bond acceptors (Lipinski definition) is 2. The fourth-order valence-electron chi connectivity index (χ4n) is 3.41. The number of benzene rings is 3. The van der Waals surface area contributed by atoms with Gasteiger partial charge in [0.15, 0.2) is 0 Å². The molecule has 0 aliphatic carbocycles. The van der Waals surface area contributed by atoms with Crippen LogP contribution in [0.25, 0.3) is 32.9 Å². The molecule has 4 aromatic rings. The maximum atomic E-state index is 6.02. The SMILES string of the molecule is COc1ccc2c(c1)c(-c1cccc(N)c1)[n+](C)c1ccccc21. The minimum Gasteiger partial charge on any atom is -0.497 e. The molecule has 0 saturated carbocycles. The minimum atomic E-state index is 0.761. The van der Waals surface area contributed by atoms with E-state index in [0.717, 1.165) is 28.1 Å². The summed E-state index contributed by atoms with van der Waals surface area (Å²) in [7, 11) is 3.79. The molecule has 0 saturated heterocycles. The van der Waals surface area contributed by atoms with Gasteiger partial charge in [-0.1, -0.05) is 18.2 Å². The third-order valence-corrected chi connectivity index (χ3v) is 4.53. The van der Waals surface area contributed by atoms with Crippen molar-refractivity contribution < 1.29 is 9.30 Å². The molecule has 3 heteroatoms. The molecule has 0 bridgehead atoms. The Morgan fingerprint density at radius 1 is 0.833 bits per heavy atom. The first-order valence-electron chi connectivity index (χ1n) is 7.93. The van der Waals surface area contributed by atoms with Crippen LogP contribution in [0.5, 0.6) is 5.75 Å². The van der Waals surface area contributed by atoms with Gasteiger partial charge in [-0.2, -0.15) is 4.57 Å². The van der Waals surface area contributed by atoms with Crippen molar-refractivity contribution >= 4 is 27.4 Å². The highest BCUT2D eigenvalue weighted by Crippen LogP contribution is 2.33. The Bertz CT molecular complexity index is 1070. The van der Waals surface area contributed by atoms with Gasteiger partial charge in [0.1, 0.15) is 12.8 Å². The topological polar surface area (TPSA) is 39.1 Å². The Balaban J connectivity index is 2.22. The average molecular weight is 315 g/mol. The van der Waals surface area contributed by atoms with Gasteiger partial charge < -0.3 is 10.5 Å². The first kappa shape index (κ1) is 14.5. The van der Waals surface area contributed by atoms with Crippen LogP contribution < -0.4 is 15.0 Å². The largest absolute Gasteiger partial charge is 0.497 e. The number of para-hydroxylation sites is 1. The van der Waals surface area contributed by atoms with Crippen LogP contribution in [0.1, 0.15) is 0 Å². The number of nitrogens with zero attached hydrogens (tertiary/aromatic N) is 1. The van der Waals surface area contributed by atoms with Crippen LogP contribution in [0.15, 0.2) is 66.7 Å². The third-order valence-electron chi connectivity index (χ3n) is 4.53. The quantitative estimate of drug-likeness (QED) is 0.344. The lowest BCUT2D eigenvalue weighted by atomic mass is 9.98. The molecule has 4 rings (SSSR count). The van der Waals surface area contributed by atoms with Gasteiger partial charge in [-0.05, 0) is 42.5 Å². The number of fused-ring (bicyclic) bond motifs is 3. The Kier molecular flexibility index (Phi) is 3.35. The number of methoxy groups -OCH3 is 1. The Labute approximate surface area is 140 Å². The first-order valence-corrected chi connectivity index (χ1v) is 7.93. The molecular formula is C21H19N2O+. The standard InChI is InChI=1S/C21H19N2O/c1-23-20-9-4-3-8-18(20)17-11-10-16(24-2)13-19(17)21(23)14-6-5-7-15(22)12-14/h3-13H,22H2,1-2H3/q+1. The lowest BCUT2D eigenvalue weighted by Gasteiger charge is -2.11. The molecule has 1 aromatic heterocycles. The number of aromatic nitrogens is 1. The van der Waals surface area contributed by atoms with Gasteiger partial charge >= 0.3 is 0 Å². The number of rotatable bonds is 2. The predicted octanol–water partition coefficient (Wildman–Crippen LogP) is 4.08. The van der Waals surface area contributed by atoms with Crippen LogP contribution >= 0.6 is 0 Å². The van der Waals surface area contributed by atoms with Crippen molar-refractivity contribution in [2.24, 2.45) is 7.05 Å². The zero-order chi connectivity index (χ0) is 16.7. The molecule has 3 nitrogen and oxygen atoms in total. The van der Waals surface area contributed by atoms with E-state index in [-0.39, 0.29) is 0 Å². The van der Waals surface area contributed by atoms with Crippen molar-refractivity contribution in [3.63, 3.8) is 0 Å². The van der Waals surface area contributed by atoms with Crippen LogP contribution in [-0.4, -0.2) is 7.11 Å². The predicted molar refractivity (Wildman–Crippen MR) is 99.0 cm³/mol. The van der Waals surface area contributed by atoms with Crippen molar-refractivity contribution in [2.45, 2.75) is 0 Å². The molecule has 24 heavy (non-hydrogen) atoms. The average Bonchev–Trinajstić information content (AvgIpc) is 2.61. The van der Waals surface area contributed by atoms with Crippen LogP contribution in [0, 0.1) is 0 Å². The Morgan fingerprint density at radius 3 is 2.46 bits per heavy atom. The molecule has 1 heterocycles. The number of nitrogen functional groups attached to an aromatic ring is 1. The smallest absolute Gasteiger partial charge is 0.220 e. The van der Waals surface area contributed by atoms with Gasteiger partial charge in [-0.25, -0.2) is 0 Å². The monoisotopic (exact) mass is 315 g/mol. The Hall–Kier alpha value is -3.07. The molecule has 0 fully saturated rings. The molecular weight excluding hydrogens is 296 g/mol. The van der Waals surface area contributed by atoms with Gasteiger partial charge in [0.05, 0.1) is 17.9 Å². The summed E-state index contributed by atoms with van der Waals surface area (Å²) < 4.78 is 7.68. The van der Waals surface area contributed by atoms with E-state index in [0.29, 0.717) is 0 Å². The van der Waals surface area contributed by atoms with E-state index in [4.69, 9.17) is 10.5 Å². The maximum absolute atomic E-state index is 6.02. The van der Waals surface area contributed by atoms with Crippen molar-refractivity contribution in [2.75, 3.05) is 12.8 Å². The van der Waals surface area contributed by atoms with Crippen molar-refractivity contribution in [3.8, 4) is 17.0 Å². The van der Waals surface area contributed by atoms with Gasteiger partial charge in [-0.3, -0.25) is 0 Å². The summed E-state index contributed by atoms with van der Waals surface area (Å²) in [6.07, 6.45) is 0. The van der Waals surface area contributed by atoms with Crippen LogP contribution in [0.3, 0.4) is 0 Å². The number of hydrogen-bond donors (Lipinski definition) is 1. The minimum absolute atomic E-state index is 0.761. The normalized spacial score (nSPS) is 11.1. The molecule has 0 amide bonds. The second-order valence-electron chi connectivity index (χ2n) is 5.96. The van der Waals surface area contributed by atoms with E-state index in [2.05, 4.69) is 54.1 Å². The second kappa shape index (κ2) is 5.53. The summed E-state index contributed by atoms with van der Waals surface area (Å²) >= 11 is 0. The van der Waals surface area contributed by atoms with Crippen LogP contribution in [-0.2, 0) is 7.05 Å². The fourth-order valence-corrected chi connectivity index (χ4v) is 3.41. The van der Waals surface area contributed by atoms with E-state index in [1.54, 1.807) is 7.11 Å². The van der Waals surface area contributed by atoms with Gasteiger partial charge in [0, 0.05) is 22.7 Å². The molecule has 0 spiro atoms. The van der Waals surface area contributed by atoms with Crippen LogP contribution in [0.2, 0.25) is 0 Å². The molecule has 0 unspecified atom stereocenters. The van der Waals surface area contributed by atoms with Gasteiger partial charge in [0.2, 0.25) is 11.2 Å². The lowest BCUT2D eigenvalue weighted by molar-refractivity contribution is -0.632. The summed E-state index contributed by atoms with van der Waals surface area (Å²) in [6.45, 7) is 0. The fraction of sp³-hybridized carbons (Fsp3) is 0.0952. The summed E-state index contributed by atoms with van der Waals surface area (Å²) in [4.78, 5) is 0. The lowest BCUT2D eigenvalue weighted by Crippen LogP contribution is -2.32. The third kappa shape index (κ3) is 2.17.